The highest BCUT2D eigenvalue weighted by Crippen LogP contribution is 2.26. The van der Waals surface area contributed by atoms with Crippen LogP contribution in [0, 0.1) is 0 Å². The maximum atomic E-state index is 12.3. The van der Waals surface area contributed by atoms with Crippen molar-refractivity contribution >= 4 is 24.4 Å². The highest BCUT2D eigenvalue weighted by molar-refractivity contribution is 6.01. The van der Waals surface area contributed by atoms with Gasteiger partial charge in [0.05, 0.1) is 11.3 Å². The van der Waals surface area contributed by atoms with Gasteiger partial charge in [-0.2, -0.15) is 0 Å². The van der Waals surface area contributed by atoms with E-state index in [0.29, 0.717) is 17.3 Å². The van der Waals surface area contributed by atoms with Gasteiger partial charge in [0.1, 0.15) is 0 Å². The van der Waals surface area contributed by atoms with Crippen molar-refractivity contribution in [3.63, 3.8) is 0 Å². The van der Waals surface area contributed by atoms with Crippen molar-refractivity contribution < 1.29 is 4.79 Å². The Balaban J connectivity index is 2.18. The van der Waals surface area contributed by atoms with Crippen LogP contribution >= 0.6 is 0 Å². The minimum Gasteiger partial charge on any atom is -0.349 e. The van der Waals surface area contributed by atoms with Crippen LogP contribution in [-0.4, -0.2) is 18.7 Å². The number of rotatable bonds is 4. The van der Waals surface area contributed by atoms with Crippen LogP contribution in [0.4, 0.5) is 5.69 Å². The van der Waals surface area contributed by atoms with E-state index in [9.17, 15) is 4.79 Å². The number of hydrogen-bond acceptors (Lipinski definition) is 2. The van der Waals surface area contributed by atoms with E-state index in [0.717, 1.165) is 18.4 Å². The second-order valence-corrected chi connectivity index (χ2v) is 4.91. The van der Waals surface area contributed by atoms with E-state index in [2.05, 4.69) is 23.6 Å². The minimum absolute atomic E-state index is 0.0574. The predicted octanol–water partition coefficient (Wildman–Crippen LogP) is 3.72. The molecule has 3 nitrogen and oxygen atoms in total. The van der Waals surface area contributed by atoms with Gasteiger partial charge in [-0.15, -0.1) is 0 Å². The highest BCUT2D eigenvalue weighted by Gasteiger charge is 2.19. The van der Waals surface area contributed by atoms with Crippen LogP contribution in [0.3, 0.4) is 0 Å². The fourth-order valence-electron chi connectivity index (χ4n) is 2.60. The summed E-state index contributed by atoms with van der Waals surface area (Å²) in [5, 5.41) is 3.10. The summed E-state index contributed by atoms with van der Waals surface area (Å²) in [5.41, 5.74) is 2.04. The summed E-state index contributed by atoms with van der Waals surface area (Å²) in [6.45, 7) is 7.29. The lowest BCUT2D eigenvalue weighted by Crippen LogP contribution is -2.36. The van der Waals surface area contributed by atoms with E-state index in [1.165, 1.54) is 19.3 Å². The summed E-state index contributed by atoms with van der Waals surface area (Å²) in [4.78, 5) is 16.3. The van der Waals surface area contributed by atoms with E-state index in [4.69, 9.17) is 0 Å². The molecule has 0 atom stereocenters. The third kappa shape index (κ3) is 3.11. The largest absolute Gasteiger partial charge is 0.349 e. The summed E-state index contributed by atoms with van der Waals surface area (Å²) >= 11 is 0. The van der Waals surface area contributed by atoms with Crippen molar-refractivity contribution in [1.82, 2.24) is 5.32 Å². The number of nitrogens with zero attached hydrogens (tertiary/aromatic N) is 1. The molecule has 2 rings (SSSR count). The number of amides is 1. The van der Waals surface area contributed by atoms with Gasteiger partial charge in [-0.1, -0.05) is 44.1 Å². The van der Waals surface area contributed by atoms with Gasteiger partial charge < -0.3 is 5.32 Å². The minimum atomic E-state index is -0.0574. The van der Waals surface area contributed by atoms with Crippen molar-refractivity contribution in [3.05, 3.63) is 35.9 Å². The summed E-state index contributed by atoms with van der Waals surface area (Å²) in [7, 11) is 0. The summed E-state index contributed by atoms with van der Waals surface area (Å²) < 4.78 is 0. The third-order valence-electron chi connectivity index (χ3n) is 3.63. The molecule has 1 fully saturated rings. The smallest absolute Gasteiger partial charge is 0.253 e. The molecular weight excluding hydrogens is 236 g/mol. The Morgan fingerprint density at radius 2 is 2.05 bits per heavy atom. The van der Waals surface area contributed by atoms with Gasteiger partial charge in [0.15, 0.2) is 0 Å². The van der Waals surface area contributed by atoms with Crippen LogP contribution in [0.1, 0.15) is 48.0 Å². The summed E-state index contributed by atoms with van der Waals surface area (Å²) in [6, 6.07) is 5.82. The van der Waals surface area contributed by atoms with Crippen LogP contribution in [0.15, 0.2) is 29.8 Å². The summed E-state index contributed by atoms with van der Waals surface area (Å²) in [6.07, 6.45) is 7.51. The van der Waals surface area contributed by atoms with Gasteiger partial charge in [-0.05, 0) is 25.6 Å². The lowest BCUT2D eigenvalue weighted by molar-refractivity contribution is 0.0928. The van der Waals surface area contributed by atoms with Gasteiger partial charge in [0.25, 0.3) is 5.91 Å². The van der Waals surface area contributed by atoms with Gasteiger partial charge in [0, 0.05) is 11.6 Å². The molecule has 100 valence electrons. The Morgan fingerprint density at radius 1 is 1.32 bits per heavy atom. The van der Waals surface area contributed by atoms with E-state index >= 15 is 0 Å². The molecule has 1 aromatic rings. The lowest BCUT2D eigenvalue weighted by Gasteiger charge is -2.23. The standard InChI is InChI=1S/C16H20N2O/c1-3-12-8-7-11-14(15(12)17-2)16(19)18-13-9-5-4-6-10-13/h3,7-8,11,13H,1-2,4-6,9-10H2,(H,18,19). The normalized spacial score (nSPS) is 15.8. The molecule has 0 aliphatic heterocycles. The average Bonchev–Trinajstić information content (AvgIpc) is 2.47. The number of aliphatic imine (C=N–C) groups is 1. The lowest BCUT2D eigenvalue weighted by atomic mass is 9.95. The van der Waals surface area contributed by atoms with Crippen molar-refractivity contribution in [2.24, 2.45) is 4.99 Å². The Kier molecular flexibility index (Phi) is 4.50. The van der Waals surface area contributed by atoms with Crippen molar-refractivity contribution in [2.75, 3.05) is 0 Å². The molecule has 1 saturated carbocycles. The van der Waals surface area contributed by atoms with E-state index in [1.54, 1.807) is 12.1 Å². The number of hydrogen-bond donors (Lipinski definition) is 1. The number of para-hydroxylation sites is 1. The second kappa shape index (κ2) is 6.32. The zero-order chi connectivity index (χ0) is 13.7. The van der Waals surface area contributed by atoms with Gasteiger partial charge >= 0.3 is 0 Å². The highest BCUT2D eigenvalue weighted by atomic mass is 16.1. The van der Waals surface area contributed by atoms with Crippen LogP contribution < -0.4 is 5.32 Å². The Morgan fingerprint density at radius 3 is 2.68 bits per heavy atom. The molecule has 1 aromatic carbocycles. The molecule has 1 aliphatic rings. The first-order valence-electron chi connectivity index (χ1n) is 6.79. The van der Waals surface area contributed by atoms with Gasteiger partial charge in [0.2, 0.25) is 0 Å². The molecule has 1 N–H and O–H groups in total. The third-order valence-corrected chi connectivity index (χ3v) is 3.63. The molecule has 0 spiro atoms. The zero-order valence-corrected chi connectivity index (χ0v) is 11.2. The van der Waals surface area contributed by atoms with Crippen LogP contribution in [-0.2, 0) is 0 Å². The topological polar surface area (TPSA) is 41.5 Å². The first-order chi connectivity index (χ1) is 9.26. The molecule has 1 amide bonds. The average molecular weight is 256 g/mol. The first kappa shape index (κ1) is 13.5. The molecular formula is C16H20N2O. The molecule has 0 aromatic heterocycles. The first-order valence-corrected chi connectivity index (χ1v) is 6.79. The van der Waals surface area contributed by atoms with E-state index in [1.807, 2.05) is 12.1 Å². The zero-order valence-electron chi connectivity index (χ0n) is 11.2. The Bertz CT molecular complexity index is 488. The van der Waals surface area contributed by atoms with Gasteiger partial charge in [-0.25, -0.2) is 0 Å². The fourth-order valence-corrected chi connectivity index (χ4v) is 2.60. The maximum Gasteiger partial charge on any atom is 0.253 e. The number of benzene rings is 1. The quantitative estimate of drug-likeness (QED) is 0.819. The SMILES string of the molecule is C=Cc1cccc(C(=O)NC2CCCCC2)c1N=C. The van der Waals surface area contributed by atoms with E-state index < -0.39 is 0 Å². The Labute approximate surface area is 114 Å². The number of nitrogens with one attached hydrogen (secondary N) is 1. The van der Waals surface area contributed by atoms with Crippen LogP contribution in [0.25, 0.3) is 6.08 Å². The predicted molar refractivity (Wildman–Crippen MR) is 80.1 cm³/mol. The number of carbonyl (C=O) groups is 1. The molecule has 19 heavy (non-hydrogen) atoms. The van der Waals surface area contributed by atoms with Gasteiger partial charge in [-0.3, -0.25) is 9.79 Å². The van der Waals surface area contributed by atoms with Crippen molar-refractivity contribution in [2.45, 2.75) is 38.1 Å². The second-order valence-electron chi connectivity index (χ2n) is 4.91. The fraction of sp³-hybridized carbons (Fsp3) is 0.375. The van der Waals surface area contributed by atoms with Crippen LogP contribution in [0.2, 0.25) is 0 Å². The summed E-state index contributed by atoms with van der Waals surface area (Å²) in [5.74, 6) is -0.0574. The Hall–Kier alpha value is -1.90. The van der Waals surface area contributed by atoms with Crippen molar-refractivity contribution in [3.8, 4) is 0 Å². The molecule has 0 unspecified atom stereocenters. The van der Waals surface area contributed by atoms with Crippen molar-refractivity contribution in [1.29, 1.82) is 0 Å². The van der Waals surface area contributed by atoms with E-state index in [-0.39, 0.29) is 5.91 Å². The number of carbonyl (C=O) groups excluding carboxylic acids is 1. The molecule has 0 bridgehead atoms. The van der Waals surface area contributed by atoms with Crippen LogP contribution in [0.5, 0.6) is 0 Å². The monoisotopic (exact) mass is 256 g/mol. The maximum absolute atomic E-state index is 12.3. The molecule has 1 aliphatic carbocycles. The molecule has 0 heterocycles. The molecule has 0 radical (unpaired) electrons. The molecule has 3 heteroatoms. The molecule has 0 saturated heterocycles.